The average Bonchev–Trinajstić information content (AvgIpc) is 3.09. The lowest BCUT2D eigenvalue weighted by molar-refractivity contribution is 0.0559. The first-order valence-corrected chi connectivity index (χ1v) is 8.33. The Balaban J connectivity index is 2.04. The zero-order valence-electron chi connectivity index (χ0n) is 13.9. The van der Waals surface area contributed by atoms with E-state index < -0.39 is 0 Å². The number of rotatable bonds is 5. The van der Waals surface area contributed by atoms with E-state index in [4.69, 9.17) is 0 Å². The third kappa shape index (κ3) is 3.33. The van der Waals surface area contributed by atoms with Crippen molar-refractivity contribution in [2.75, 3.05) is 19.6 Å². The lowest BCUT2D eigenvalue weighted by atomic mass is 9.88. The van der Waals surface area contributed by atoms with Crippen molar-refractivity contribution in [3.63, 3.8) is 0 Å². The van der Waals surface area contributed by atoms with E-state index in [1.165, 1.54) is 32.5 Å². The summed E-state index contributed by atoms with van der Waals surface area (Å²) >= 11 is 0. The summed E-state index contributed by atoms with van der Waals surface area (Å²) in [5.74, 6) is 2.33. The molecule has 0 amide bonds. The Bertz CT molecular complexity index is 292. The van der Waals surface area contributed by atoms with E-state index in [1.54, 1.807) is 0 Å². The maximum Gasteiger partial charge on any atom is 0.0244 e. The highest BCUT2D eigenvalue weighted by Crippen LogP contribution is 2.52. The van der Waals surface area contributed by atoms with Crippen LogP contribution in [0.1, 0.15) is 54.4 Å². The van der Waals surface area contributed by atoms with Crippen LogP contribution >= 0.6 is 0 Å². The molecule has 0 spiro atoms. The lowest BCUT2D eigenvalue weighted by Crippen LogP contribution is -2.60. The summed E-state index contributed by atoms with van der Waals surface area (Å²) in [6, 6.07) is 1.41. The van der Waals surface area contributed by atoms with E-state index >= 15 is 0 Å². The van der Waals surface area contributed by atoms with E-state index in [2.05, 4.69) is 51.8 Å². The van der Waals surface area contributed by atoms with Gasteiger partial charge in [0.1, 0.15) is 0 Å². The van der Waals surface area contributed by atoms with Gasteiger partial charge in [-0.05, 0) is 36.0 Å². The molecule has 2 unspecified atom stereocenters. The maximum absolute atomic E-state index is 3.77. The molecular weight excluding hydrogens is 232 g/mol. The summed E-state index contributed by atoms with van der Waals surface area (Å²) in [6.07, 6.45) is 2.90. The first kappa shape index (κ1) is 15.3. The van der Waals surface area contributed by atoms with Gasteiger partial charge in [-0.25, -0.2) is 0 Å². The van der Waals surface area contributed by atoms with Crippen molar-refractivity contribution in [3.8, 4) is 0 Å². The van der Waals surface area contributed by atoms with Crippen LogP contribution in [0.2, 0.25) is 0 Å². The molecule has 2 atom stereocenters. The molecule has 0 aromatic rings. The molecule has 2 heteroatoms. The van der Waals surface area contributed by atoms with Gasteiger partial charge in [0.15, 0.2) is 0 Å². The third-order valence-corrected chi connectivity index (χ3v) is 5.70. The van der Waals surface area contributed by atoms with E-state index in [-0.39, 0.29) is 0 Å². The minimum atomic E-state index is 0.645. The van der Waals surface area contributed by atoms with Gasteiger partial charge >= 0.3 is 0 Å². The largest absolute Gasteiger partial charge is 0.311 e. The van der Waals surface area contributed by atoms with Gasteiger partial charge in [-0.2, -0.15) is 0 Å². The van der Waals surface area contributed by atoms with Crippen LogP contribution in [0.4, 0.5) is 0 Å². The van der Waals surface area contributed by atoms with Crippen LogP contribution in [0, 0.1) is 23.2 Å². The Morgan fingerprint density at radius 1 is 1.05 bits per heavy atom. The smallest absolute Gasteiger partial charge is 0.0244 e. The fraction of sp³-hybridized carbons (Fsp3) is 1.00. The summed E-state index contributed by atoms with van der Waals surface area (Å²) in [6.45, 7) is 18.0. The Labute approximate surface area is 120 Å². The molecule has 19 heavy (non-hydrogen) atoms. The number of hydrogen-bond acceptors (Lipinski definition) is 2. The van der Waals surface area contributed by atoms with Crippen LogP contribution in [0.5, 0.6) is 0 Å². The van der Waals surface area contributed by atoms with Crippen molar-refractivity contribution in [3.05, 3.63) is 0 Å². The molecular formula is C17H34N2. The number of nitrogens with zero attached hydrogens (tertiary/aromatic N) is 1. The molecule has 0 aromatic carbocycles. The Hall–Kier alpha value is -0.0800. The highest BCUT2D eigenvalue weighted by Gasteiger charge is 2.48. The molecule has 112 valence electrons. The summed E-state index contributed by atoms with van der Waals surface area (Å²) in [7, 11) is 0. The standard InChI is InChI=1S/C17H34N2/c1-12(2)15-10-19(16(9-18-15)13(3)4)11-17(7-8-17)14(5)6/h12-16,18H,7-11H2,1-6H3. The quantitative estimate of drug-likeness (QED) is 0.820. The molecule has 1 saturated carbocycles. The van der Waals surface area contributed by atoms with Crippen molar-refractivity contribution in [2.24, 2.45) is 23.2 Å². The molecule has 0 radical (unpaired) electrons. The highest BCUT2D eigenvalue weighted by atomic mass is 15.2. The van der Waals surface area contributed by atoms with Crippen molar-refractivity contribution < 1.29 is 0 Å². The zero-order chi connectivity index (χ0) is 14.2. The molecule has 0 bridgehead atoms. The van der Waals surface area contributed by atoms with Gasteiger partial charge in [0.05, 0.1) is 0 Å². The van der Waals surface area contributed by atoms with Crippen LogP contribution < -0.4 is 5.32 Å². The minimum absolute atomic E-state index is 0.645. The predicted octanol–water partition coefficient (Wildman–Crippen LogP) is 3.38. The molecule has 2 rings (SSSR count). The van der Waals surface area contributed by atoms with Crippen LogP contribution in [0.15, 0.2) is 0 Å². The average molecular weight is 266 g/mol. The minimum Gasteiger partial charge on any atom is -0.311 e. The molecule has 0 aromatic heterocycles. The van der Waals surface area contributed by atoms with Gasteiger partial charge in [-0.3, -0.25) is 4.90 Å². The second-order valence-corrected chi connectivity index (χ2v) is 8.02. The number of piperazine rings is 1. The zero-order valence-corrected chi connectivity index (χ0v) is 13.9. The fourth-order valence-corrected chi connectivity index (χ4v) is 3.62. The topological polar surface area (TPSA) is 15.3 Å². The molecule has 1 saturated heterocycles. The van der Waals surface area contributed by atoms with Crippen molar-refractivity contribution in [1.29, 1.82) is 0 Å². The van der Waals surface area contributed by atoms with Gasteiger partial charge < -0.3 is 5.32 Å². The molecule has 2 aliphatic rings. The number of nitrogens with one attached hydrogen (secondary N) is 1. The van der Waals surface area contributed by atoms with Crippen LogP contribution in [0.25, 0.3) is 0 Å². The molecule has 1 heterocycles. The van der Waals surface area contributed by atoms with Gasteiger partial charge in [0, 0.05) is 31.7 Å². The monoisotopic (exact) mass is 266 g/mol. The van der Waals surface area contributed by atoms with Crippen molar-refractivity contribution >= 4 is 0 Å². The van der Waals surface area contributed by atoms with Crippen molar-refractivity contribution in [2.45, 2.75) is 66.5 Å². The highest BCUT2D eigenvalue weighted by molar-refractivity contribution is 5.01. The normalized spacial score (nSPS) is 31.4. The summed E-state index contributed by atoms with van der Waals surface area (Å²) in [4.78, 5) is 2.82. The SMILES string of the molecule is CC(C)C1CN(CC2(C(C)C)CC2)C(C(C)C)CN1. The molecule has 1 aliphatic heterocycles. The van der Waals surface area contributed by atoms with Gasteiger partial charge in [-0.1, -0.05) is 41.5 Å². The van der Waals surface area contributed by atoms with Crippen LogP contribution in [-0.4, -0.2) is 36.6 Å². The van der Waals surface area contributed by atoms with Crippen molar-refractivity contribution in [1.82, 2.24) is 10.2 Å². The molecule has 1 aliphatic carbocycles. The first-order chi connectivity index (χ1) is 8.85. The summed E-state index contributed by atoms with van der Waals surface area (Å²) in [5.41, 5.74) is 0.645. The van der Waals surface area contributed by atoms with E-state index in [9.17, 15) is 0 Å². The second-order valence-electron chi connectivity index (χ2n) is 8.02. The van der Waals surface area contributed by atoms with Crippen LogP contribution in [-0.2, 0) is 0 Å². The summed E-state index contributed by atoms with van der Waals surface area (Å²) in [5, 5.41) is 3.77. The van der Waals surface area contributed by atoms with Crippen LogP contribution in [0.3, 0.4) is 0 Å². The lowest BCUT2D eigenvalue weighted by Gasteiger charge is -2.45. The third-order valence-electron chi connectivity index (χ3n) is 5.70. The van der Waals surface area contributed by atoms with E-state index in [0.717, 1.165) is 23.8 Å². The molecule has 2 fully saturated rings. The van der Waals surface area contributed by atoms with E-state index in [1.807, 2.05) is 0 Å². The van der Waals surface area contributed by atoms with Gasteiger partial charge in [0.2, 0.25) is 0 Å². The Kier molecular flexibility index (Phi) is 4.62. The fourth-order valence-electron chi connectivity index (χ4n) is 3.62. The molecule has 2 nitrogen and oxygen atoms in total. The predicted molar refractivity (Wildman–Crippen MR) is 83.3 cm³/mol. The maximum atomic E-state index is 3.77. The number of hydrogen-bond donors (Lipinski definition) is 1. The Morgan fingerprint density at radius 2 is 1.68 bits per heavy atom. The van der Waals surface area contributed by atoms with Gasteiger partial charge in [0.25, 0.3) is 0 Å². The summed E-state index contributed by atoms with van der Waals surface area (Å²) < 4.78 is 0. The first-order valence-electron chi connectivity index (χ1n) is 8.33. The molecule has 1 N–H and O–H groups in total. The Morgan fingerprint density at radius 3 is 2.11 bits per heavy atom. The van der Waals surface area contributed by atoms with Gasteiger partial charge in [-0.15, -0.1) is 0 Å². The van der Waals surface area contributed by atoms with E-state index in [0.29, 0.717) is 11.5 Å². The second kappa shape index (κ2) is 5.73.